The largest absolute Gasteiger partial charge is 0.444 e. The highest BCUT2D eigenvalue weighted by atomic mass is 16.6. The number of anilines is 2. The van der Waals surface area contributed by atoms with Crippen LogP contribution in [0.25, 0.3) is 11.0 Å². The Morgan fingerprint density at radius 1 is 1.28 bits per heavy atom. The third kappa shape index (κ3) is 3.92. The number of fused-ring (bicyclic) bond motifs is 1. The Morgan fingerprint density at radius 2 is 2.04 bits per heavy atom. The summed E-state index contributed by atoms with van der Waals surface area (Å²) in [7, 11) is 0. The fourth-order valence-corrected chi connectivity index (χ4v) is 2.95. The van der Waals surface area contributed by atoms with E-state index in [0.29, 0.717) is 25.3 Å². The molecule has 1 aromatic heterocycles. The van der Waals surface area contributed by atoms with Crippen LogP contribution >= 0.6 is 0 Å². The molecule has 1 fully saturated rings. The summed E-state index contributed by atoms with van der Waals surface area (Å²) in [4.78, 5) is 25.3. The van der Waals surface area contributed by atoms with E-state index in [1.165, 1.54) is 0 Å². The van der Waals surface area contributed by atoms with Gasteiger partial charge in [0.1, 0.15) is 11.4 Å². The average Bonchev–Trinajstić information content (AvgIpc) is 2.52. The van der Waals surface area contributed by atoms with Gasteiger partial charge in [-0.1, -0.05) is 0 Å². The fourth-order valence-electron chi connectivity index (χ4n) is 2.95. The van der Waals surface area contributed by atoms with Crippen LogP contribution < -0.4 is 10.6 Å². The molecule has 134 valence electrons. The molecular formula is C18H25N5O2. The Morgan fingerprint density at radius 3 is 2.72 bits per heavy atom. The van der Waals surface area contributed by atoms with Gasteiger partial charge in [-0.3, -0.25) is 4.98 Å². The minimum atomic E-state index is -0.483. The van der Waals surface area contributed by atoms with Gasteiger partial charge in [0.25, 0.3) is 0 Å². The number of rotatable bonds is 1. The molecule has 7 nitrogen and oxygen atoms in total. The van der Waals surface area contributed by atoms with E-state index in [-0.39, 0.29) is 12.1 Å². The summed E-state index contributed by atoms with van der Waals surface area (Å²) in [5.74, 6) is 0.814. The van der Waals surface area contributed by atoms with E-state index < -0.39 is 5.60 Å². The van der Waals surface area contributed by atoms with Gasteiger partial charge in [0.2, 0.25) is 0 Å². The Bertz CT molecular complexity index is 787. The van der Waals surface area contributed by atoms with Gasteiger partial charge in [-0.05, 0) is 45.9 Å². The molecule has 2 heterocycles. The lowest BCUT2D eigenvalue weighted by atomic mass is 10.2. The van der Waals surface area contributed by atoms with E-state index in [1.807, 2.05) is 39.0 Å². The number of hydrogen-bond acceptors (Lipinski definition) is 6. The maximum absolute atomic E-state index is 12.3. The van der Waals surface area contributed by atoms with Crippen molar-refractivity contribution >= 4 is 28.6 Å². The lowest BCUT2D eigenvalue weighted by Gasteiger charge is -2.40. The second-order valence-corrected chi connectivity index (χ2v) is 7.45. The maximum atomic E-state index is 12.3. The molecule has 0 bridgehead atoms. The number of piperazine rings is 1. The van der Waals surface area contributed by atoms with Gasteiger partial charge in [0.15, 0.2) is 0 Å². The Hall–Kier alpha value is -2.57. The van der Waals surface area contributed by atoms with E-state index in [4.69, 9.17) is 15.5 Å². The first-order valence-electron chi connectivity index (χ1n) is 8.50. The highest BCUT2D eigenvalue weighted by molar-refractivity contribution is 5.79. The molecule has 2 aromatic rings. The average molecular weight is 343 g/mol. The number of benzene rings is 1. The fraction of sp³-hybridized carbons (Fsp3) is 0.500. The predicted molar refractivity (Wildman–Crippen MR) is 98.6 cm³/mol. The topological polar surface area (TPSA) is 84.6 Å². The molecule has 0 spiro atoms. The van der Waals surface area contributed by atoms with E-state index >= 15 is 0 Å². The zero-order chi connectivity index (χ0) is 18.2. The highest BCUT2D eigenvalue weighted by Crippen LogP contribution is 2.22. The minimum absolute atomic E-state index is 0.127. The molecule has 0 unspecified atom stereocenters. The molecule has 2 N–H and O–H groups in total. The van der Waals surface area contributed by atoms with Crippen molar-refractivity contribution in [2.45, 2.75) is 39.3 Å². The van der Waals surface area contributed by atoms with Crippen LogP contribution in [-0.4, -0.2) is 52.2 Å². The number of nitrogens with two attached hydrogens (primary N) is 1. The molecule has 1 atom stereocenters. The number of ether oxygens (including phenoxy) is 1. The van der Waals surface area contributed by atoms with Crippen molar-refractivity contribution < 1.29 is 9.53 Å². The van der Waals surface area contributed by atoms with Crippen LogP contribution in [0.15, 0.2) is 24.4 Å². The van der Waals surface area contributed by atoms with Crippen LogP contribution in [0.3, 0.4) is 0 Å². The zero-order valence-electron chi connectivity index (χ0n) is 15.2. The Kier molecular flexibility index (Phi) is 4.41. The van der Waals surface area contributed by atoms with E-state index in [9.17, 15) is 4.79 Å². The van der Waals surface area contributed by atoms with Crippen molar-refractivity contribution in [3.8, 4) is 0 Å². The smallest absolute Gasteiger partial charge is 0.410 e. The first kappa shape index (κ1) is 17.3. The summed E-state index contributed by atoms with van der Waals surface area (Å²) in [6.45, 7) is 9.59. The lowest BCUT2D eigenvalue weighted by Crippen LogP contribution is -2.54. The molecule has 1 amide bonds. The number of aromatic nitrogens is 2. The molecule has 1 aromatic carbocycles. The number of carbonyl (C=O) groups is 1. The first-order chi connectivity index (χ1) is 11.7. The van der Waals surface area contributed by atoms with E-state index in [1.54, 1.807) is 11.1 Å². The third-order valence-electron chi connectivity index (χ3n) is 4.13. The monoisotopic (exact) mass is 343 g/mol. The van der Waals surface area contributed by atoms with Gasteiger partial charge in [-0.15, -0.1) is 0 Å². The van der Waals surface area contributed by atoms with Crippen LogP contribution in [0.1, 0.15) is 27.7 Å². The molecule has 7 heteroatoms. The van der Waals surface area contributed by atoms with Crippen molar-refractivity contribution in [1.29, 1.82) is 0 Å². The summed E-state index contributed by atoms with van der Waals surface area (Å²) in [6, 6.07) is 5.64. The first-order valence-corrected chi connectivity index (χ1v) is 8.50. The van der Waals surface area contributed by atoms with Gasteiger partial charge in [0.05, 0.1) is 17.2 Å². The number of carbonyl (C=O) groups excluding carboxylic acids is 1. The van der Waals surface area contributed by atoms with Crippen LogP contribution in [0.5, 0.6) is 0 Å². The van der Waals surface area contributed by atoms with Crippen molar-refractivity contribution in [2.75, 3.05) is 30.3 Å². The van der Waals surface area contributed by atoms with Gasteiger partial charge >= 0.3 is 6.09 Å². The molecule has 0 aliphatic carbocycles. The molecule has 3 rings (SSSR count). The molecule has 1 aliphatic rings. The third-order valence-corrected chi connectivity index (χ3v) is 4.13. The maximum Gasteiger partial charge on any atom is 0.410 e. The number of amides is 1. The van der Waals surface area contributed by atoms with Gasteiger partial charge < -0.3 is 20.3 Å². The van der Waals surface area contributed by atoms with Crippen LogP contribution in [-0.2, 0) is 4.74 Å². The molecule has 25 heavy (non-hydrogen) atoms. The normalized spacial score (nSPS) is 18.5. The van der Waals surface area contributed by atoms with Gasteiger partial charge in [-0.25, -0.2) is 9.78 Å². The predicted octanol–water partition coefficient (Wildman–Crippen LogP) is 2.66. The standard InChI is InChI=1S/C18H25N5O2/c1-12-11-22(17(24)25-18(2,3)4)7-8-23(12)16-10-20-15-9-13(19)5-6-14(15)21-16/h5-6,9-10,12H,7-8,11,19H2,1-4H3/t12-/m1/s1. The molecule has 1 saturated heterocycles. The summed E-state index contributed by atoms with van der Waals surface area (Å²) < 4.78 is 5.46. The highest BCUT2D eigenvalue weighted by Gasteiger charge is 2.30. The molecule has 0 saturated carbocycles. The Balaban J connectivity index is 1.73. The minimum Gasteiger partial charge on any atom is -0.444 e. The van der Waals surface area contributed by atoms with Crippen molar-refractivity contribution in [1.82, 2.24) is 14.9 Å². The summed E-state index contributed by atoms with van der Waals surface area (Å²) in [5, 5.41) is 0. The quantitative estimate of drug-likeness (QED) is 0.801. The van der Waals surface area contributed by atoms with E-state index in [0.717, 1.165) is 16.9 Å². The van der Waals surface area contributed by atoms with Crippen LogP contribution in [0.2, 0.25) is 0 Å². The zero-order valence-corrected chi connectivity index (χ0v) is 15.2. The lowest BCUT2D eigenvalue weighted by molar-refractivity contribution is 0.0218. The SMILES string of the molecule is C[C@@H]1CN(C(=O)OC(C)(C)C)CCN1c1cnc2cc(N)ccc2n1. The summed E-state index contributed by atoms with van der Waals surface area (Å²) in [6.07, 6.45) is 1.50. The second kappa shape index (κ2) is 6.38. The van der Waals surface area contributed by atoms with Gasteiger partial charge in [-0.2, -0.15) is 0 Å². The number of hydrogen-bond donors (Lipinski definition) is 1. The van der Waals surface area contributed by atoms with Crippen molar-refractivity contribution in [3.63, 3.8) is 0 Å². The molecular weight excluding hydrogens is 318 g/mol. The molecule has 0 radical (unpaired) electrons. The van der Waals surface area contributed by atoms with Crippen molar-refractivity contribution in [2.24, 2.45) is 0 Å². The van der Waals surface area contributed by atoms with Crippen molar-refractivity contribution in [3.05, 3.63) is 24.4 Å². The molecule has 1 aliphatic heterocycles. The number of nitrogen functional groups attached to an aromatic ring is 1. The summed E-state index contributed by atoms with van der Waals surface area (Å²) >= 11 is 0. The van der Waals surface area contributed by atoms with Crippen LogP contribution in [0.4, 0.5) is 16.3 Å². The van der Waals surface area contributed by atoms with Gasteiger partial charge in [0, 0.05) is 31.4 Å². The Labute approximate surface area is 147 Å². The number of nitrogens with zero attached hydrogens (tertiary/aromatic N) is 4. The van der Waals surface area contributed by atoms with Crippen LogP contribution in [0, 0.1) is 0 Å². The summed E-state index contributed by atoms with van der Waals surface area (Å²) in [5.41, 5.74) is 7.57. The van der Waals surface area contributed by atoms with E-state index in [2.05, 4.69) is 16.8 Å². The second-order valence-electron chi connectivity index (χ2n) is 7.45.